The minimum Gasteiger partial charge on any atom is -0.330 e. The van der Waals surface area contributed by atoms with Crippen LogP contribution in [-0.2, 0) is 6.42 Å². The Morgan fingerprint density at radius 3 is 2.31 bits per heavy atom. The third-order valence-corrected chi connectivity index (χ3v) is 2.56. The zero-order valence-corrected chi connectivity index (χ0v) is 8.59. The third-order valence-electron chi connectivity index (χ3n) is 2.56. The molecule has 1 nitrogen and oxygen atoms in total. The summed E-state index contributed by atoms with van der Waals surface area (Å²) in [4.78, 5) is 0. The van der Waals surface area contributed by atoms with Crippen LogP contribution in [0.2, 0.25) is 0 Å². The standard InChI is InChI=1S/C12H19N/c1-3-11-4-6-12(7-5-11)10(2)8-9-13/h4-7,10H,3,8-9,13H2,1-2H3. The molecule has 1 aromatic rings. The lowest BCUT2D eigenvalue weighted by Crippen LogP contribution is -2.04. The normalized spacial score (nSPS) is 12.8. The lowest BCUT2D eigenvalue weighted by Gasteiger charge is -2.10. The highest BCUT2D eigenvalue weighted by Crippen LogP contribution is 2.18. The van der Waals surface area contributed by atoms with Crippen molar-refractivity contribution in [3.63, 3.8) is 0 Å². The van der Waals surface area contributed by atoms with Gasteiger partial charge in [-0.15, -0.1) is 0 Å². The second-order valence-electron chi connectivity index (χ2n) is 3.57. The summed E-state index contributed by atoms with van der Waals surface area (Å²) < 4.78 is 0. The summed E-state index contributed by atoms with van der Waals surface area (Å²) in [5, 5.41) is 0. The van der Waals surface area contributed by atoms with E-state index in [-0.39, 0.29) is 0 Å². The van der Waals surface area contributed by atoms with Crippen LogP contribution in [-0.4, -0.2) is 6.54 Å². The summed E-state index contributed by atoms with van der Waals surface area (Å²) in [6.07, 6.45) is 2.19. The Balaban J connectivity index is 2.67. The number of rotatable bonds is 4. The van der Waals surface area contributed by atoms with Gasteiger partial charge in [0, 0.05) is 0 Å². The van der Waals surface area contributed by atoms with Gasteiger partial charge < -0.3 is 5.73 Å². The molecule has 0 amide bonds. The van der Waals surface area contributed by atoms with Crippen LogP contribution < -0.4 is 5.73 Å². The molecule has 0 spiro atoms. The number of hydrogen-bond donors (Lipinski definition) is 1. The SMILES string of the molecule is CCc1ccc(C(C)CCN)cc1. The van der Waals surface area contributed by atoms with Crippen molar-refractivity contribution in [1.82, 2.24) is 0 Å². The molecular formula is C12H19N. The quantitative estimate of drug-likeness (QED) is 0.752. The van der Waals surface area contributed by atoms with Gasteiger partial charge in [-0.05, 0) is 36.4 Å². The molecule has 1 unspecified atom stereocenters. The molecule has 13 heavy (non-hydrogen) atoms. The van der Waals surface area contributed by atoms with Gasteiger partial charge in [-0.25, -0.2) is 0 Å². The van der Waals surface area contributed by atoms with Crippen molar-refractivity contribution in [1.29, 1.82) is 0 Å². The molecule has 0 aliphatic heterocycles. The smallest absolute Gasteiger partial charge is 0.00715 e. The first-order valence-corrected chi connectivity index (χ1v) is 5.06. The highest BCUT2D eigenvalue weighted by atomic mass is 14.5. The van der Waals surface area contributed by atoms with Crippen LogP contribution in [0.3, 0.4) is 0 Å². The van der Waals surface area contributed by atoms with E-state index in [1.807, 2.05) is 0 Å². The molecule has 1 rings (SSSR count). The molecule has 1 aromatic carbocycles. The maximum absolute atomic E-state index is 5.52. The molecule has 2 N–H and O–H groups in total. The van der Waals surface area contributed by atoms with E-state index >= 15 is 0 Å². The molecule has 1 atom stereocenters. The summed E-state index contributed by atoms with van der Waals surface area (Å²) in [6.45, 7) is 5.18. The number of aryl methyl sites for hydroxylation is 1. The van der Waals surface area contributed by atoms with E-state index in [0.717, 1.165) is 19.4 Å². The largest absolute Gasteiger partial charge is 0.330 e. The van der Waals surface area contributed by atoms with Gasteiger partial charge in [-0.2, -0.15) is 0 Å². The molecule has 0 bridgehead atoms. The molecule has 1 heteroatoms. The van der Waals surface area contributed by atoms with E-state index in [4.69, 9.17) is 5.73 Å². The second kappa shape index (κ2) is 5.03. The molecule has 0 heterocycles. The molecule has 0 saturated carbocycles. The van der Waals surface area contributed by atoms with Crippen LogP contribution in [0.25, 0.3) is 0 Å². The fourth-order valence-electron chi connectivity index (χ4n) is 1.50. The first-order chi connectivity index (χ1) is 6.27. The van der Waals surface area contributed by atoms with Gasteiger partial charge in [-0.3, -0.25) is 0 Å². The van der Waals surface area contributed by atoms with E-state index in [1.54, 1.807) is 0 Å². The van der Waals surface area contributed by atoms with Crippen molar-refractivity contribution in [2.75, 3.05) is 6.54 Å². The van der Waals surface area contributed by atoms with Crippen molar-refractivity contribution in [3.8, 4) is 0 Å². The topological polar surface area (TPSA) is 26.0 Å². The van der Waals surface area contributed by atoms with E-state index in [2.05, 4.69) is 38.1 Å². The Labute approximate surface area is 81.0 Å². The van der Waals surface area contributed by atoms with Crippen molar-refractivity contribution >= 4 is 0 Å². The number of nitrogens with two attached hydrogens (primary N) is 1. The van der Waals surface area contributed by atoms with Crippen LogP contribution in [0.5, 0.6) is 0 Å². The van der Waals surface area contributed by atoms with Gasteiger partial charge in [-0.1, -0.05) is 38.1 Å². The van der Waals surface area contributed by atoms with Gasteiger partial charge >= 0.3 is 0 Å². The average Bonchev–Trinajstić information content (AvgIpc) is 2.18. The first kappa shape index (κ1) is 10.3. The second-order valence-corrected chi connectivity index (χ2v) is 3.57. The van der Waals surface area contributed by atoms with Crippen molar-refractivity contribution in [3.05, 3.63) is 35.4 Å². The fraction of sp³-hybridized carbons (Fsp3) is 0.500. The molecule has 0 aliphatic rings. The summed E-state index contributed by atoms with van der Waals surface area (Å²) in [6, 6.07) is 8.86. The van der Waals surface area contributed by atoms with Gasteiger partial charge in [0.1, 0.15) is 0 Å². The predicted molar refractivity (Wildman–Crippen MR) is 57.9 cm³/mol. The average molecular weight is 177 g/mol. The maximum Gasteiger partial charge on any atom is -0.00715 e. The Hall–Kier alpha value is -0.820. The molecule has 0 radical (unpaired) electrons. The van der Waals surface area contributed by atoms with Crippen molar-refractivity contribution < 1.29 is 0 Å². The van der Waals surface area contributed by atoms with Gasteiger partial charge in [0.15, 0.2) is 0 Å². The Bertz CT molecular complexity index is 238. The molecule has 0 fully saturated rings. The molecule has 72 valence electrons. The van der Waals surface area contributed by atoms with Crippen LogP contribution in [0, 0.1) is 0 Å². The third kappa shape index (κ3) is 2.85. The zero-order chi connectivity index (χ0) is 9.68. The number of benzene rings is 1. The van der Waals surface area contributed by atoms with Gasteiger partial charge in [0.25, 0.3) is 0 Å². The predicted octanol–water partition coefficient (Wildman–Crippen LogP) is 2.70. The summed E-state index contributed by atoms with van der Waals surface area (Å²) in [5.41, 5.74) is 8.33. The van der Waals surface area contributed by atoms with Crippen LogP contribution in [0.1, 0.15) is 37.3 Å². The van der Waals surface area contributed by atoms with Crippen LogP contribution >= 0.6 is 0 Å². The van der Waals surface area contributed by atoms with Crippen LogP contribution in [0.4, 0.5) is 0 Å². The minimum atomic E-state index is 0.593. The van der Waals surface area contributed by atoms with Gasteiger partial charge in [0.05, 0.1) is 0 Å². The summed E-state index contributed by atoms with van der Waals surface area (Å²) in [5.74, 6) is 0.593. The van der Waals surface area contributed by atoms with Gasteiger partial charge in [0.2, 0.25) is 0 Å². The van der Waals surface area contributed by atoms with E-state index < -0.39 is 0 Å². The lowest BCUT2D eigenvalue weighted by atomic mass is 9.96. The lowest BCUT2D eigenvalue weighted by molar-refractivity contribution is 0.690. The summed E-state index contributed by atoms with van der Waals surface area (Å²) in [7, 11) is 0. The number of hydrogen-bond acceptors (Lipinski definition) is 1. The Morgan fingerprint density at radius 1 is 1.23 bits per heavy atom. The van der Waals surface area contributed by atoms with E-state index in [0.29, 0.717) is 5.92 Å². The minimum absolute atomic E-state index is 0.593. The highest BCUT2D eigenvalue weighted by Gasteiger charge is 2.03. The van der Waals surface area contributed by atoms with Crippen molar-refractivity contribution in [2.45, 2.75) is 32.6 Å². The highest BCUT2D eigenvalue weighted by molar-refractivity contribution is 5.24. The summed E-state index contributed by atoms with van der Waals surface area (Å²) >= 11 is 0. The molecular weight excluding hydrogens is 158 g/mol. The molecule has 0 aromatic heterocycles. The van der Waals surface area contributed by atoms with Crippen molar-refractivity contribution in [2.24, 2.45) is 5.73 Å². The zero-order valence-electron chi connectivity index (χ0n) is 8.59. The first-order valence-electron chi connectivity index (χ1n) is 5.06. The molecule has 0 aliphatic carbocycles. The Kier molecular flexibility index (Phi) is 3.97. The maximum atomic E-state index is 5.52. The fourth-order valence-corrected chi connectivity index (χ4v) is 1.50. The van der Waals surface area contributed by atoms with E-state index in [9.17, 15) is 0 Å². The Morgan fingerprint density at radius 2 is 1.85 bits per heavy atom. The molecule has 0 saturated heterocycles. The monoisotopic (exact) mass is 177 g/mol. The van der Waals surface area contributed by atoms with E-state index in [1.165, 1.54) is 11.1 Å². The van der Waals surface area contributed by atoms with Crippen LogP contribution in [0.15, 0.2) is 24.3 Å².